The molecule has 0 aliphatic carbocycles. The largest absolute Gasteiger partial charge is 0.380 e. The van der Waals surface area contributed by atoms with Crippen molar-refractivity contribution in [2.45, 2.75) is 64.2 Å². The van der Waals surface area contributed by atoms with Gasteiger partial charge in [0, 0.05) is 24.4 Å². The number of rotatable bonds is 8. The lowest BCUT2D eigenvalue weighted by atomic mass is 9.98. The van der Waals surface area contributed by atoms with Crippen LogP contribution in [0, 0.1) is 0 Å². The van der Waals surface area contributed by atoms with E-state index in [0.717, 1.165) is 23.8 Å². The number of aliphatic imine (C=N–C) groups is 1. The zero-order chi connectivity index (χ0) is 19.3. The minimum Gasteiger partial charge on any atom is -0.380 e. The van der Waals surface area contributed by atoms with Crippen LogP contribution in [0.1, 0.15) is 57.3 Å². The number of benzene rings is 1. The highest BCUT2D eigenvalue weighted by molar-refractivity contribution is 5.79. The number of halogens is 3. The molecule has 1 aliphatic heterocycles. The number of hydrogen-bond acceptors (Lipinski definition) is 2. The number of dihydropyridines is 1. The summed E-state index contributed by atoms with van der Waals surface area (Å²) in [7, 11) is 0. The summed E-state index contributed by atoms with van der Waals surface area (Å²) in [6, 6.07) is 7.29. The van der Waals surface area contributed by atoms with Crippen LogP contribution in [0.2, 0.25) is 0 Å². The van der Waals surface area contributed by atoms with Crippen LogP contribution in [0.25, 0.3) is 5.70 Å². The minimum atomic E-state index is -2.65. The van der Waals surface area contributed by atoms with Crippen molar-refractivity contribution in [3.63, 3.8) is 0 Å². The van der Waals surface area contributed by atoms with Gasteiger partial charge in [0.15, 0.2) is 0 Å². The molecule has 1 N–H and O–H groups in total. The van der Waals surface area contributed by atoms with Crippen molar-refractivity contribution in [2.75, 3.05) is 0 Å². The van der Waals surface area contributed by atoms with E-state index >= 15 is 0 Å². The van der Waals surface area contributed by atoms with E-state index < -0.39 is 12.1 Å². The predicted molar refractivity (Wildman–Crippen MR) is 102 cm³/mol. The van der Waals surface area contributed by atoms with Crippen LogP contribution in [0.15, 0.2) is 47.5 Å². The van der Waals surface area contributed by atoms with Gasteiger partial charge in [0.25, 0.3) is 0 Å². The highest BCUT2D eigenvalue weighted by Gasteiger charge is 2.23. The van der Waals surface area contributed by atoms with Crippen LogP contribution < -0.4 is 5.32 Å². The molecule has 0 aromatic heterocycles. The van der Waals surface area contributed by atoms with Crippen LogP contribution in [0.5, 0.6) is 0 Å². The highest BCUT2D eigenvalue weighted by Crippen LogP contribution is 2.24. The summed E-state index contributed by atoms with van der Waals surface area (Å²) in [5.41, 5.74) is 3.04. The average Bonchev–Trinajstić information content (AvgIpc) is 2.59. The molecule has 5 heteroatoms. The second-order valence-corrected chi connectivity index (χ2v) is 7.08. The zero-order valence-corrected chi connectivity index (χ0v) is 15.6. The lowest BCUT2D eigenvalue weighted by Gasteiger charge is -2.25. The second kappa shape index (κ2) is 8.56. The van der Waals surface area contributed by atoms with Gasteiger partial charge in [-0.15, -0.1) is 0 Å². The van der Waals surface area contributed by atoms with E-state index in [-0.39, 0.29) is 18.5 Å². The Balaban J connectivity index is 1.90. The Morgan fingerprint density at radius 2 is 2.12 bits per heavy atom. The summed E-state index contributed by atoms with van der Waals surface area (Å²) in [5.74, 6) is -2.65. The van der Waals surface area contributed by atoms with Crippen molar-refractivity contribution >= 4 is 11.9 Å². The third-order valence-electron chi connectivity index (χ3n) is 4.58. The minimum absolute atomic E-state index is 0.0147. The van der Waals surface area contributed by atoms with Crippen LogP contribution in [0.3, 0.4) is 0 Å². The third kappa shape index (κ3) is 6.04. The summed E-state index contributed by atoms with van der Waals surface area (Å²) >= 11 is 0. The molecule has 0 radical (unpaired) electrons. The number of hydrogen-bond donors (Lipinski definition) is 1. The highest BCUT2D eigenvalue weighted by atomic mass is 19.3. The second-order valence-electron chi connectivity index (χ2n) is 7.08. The van der Waals surface area contributed by atoms with Gasteiger partial charge < -0.3 is 5.32 Å². The molecule has 3 unspecified atom stereocenters. The van der Waals surface area contributed by atoms with Gasteiger partial charge in [-0.25, -0.2) is 13.2 Å². The molecular weight excluding hydrogens is 337 g/mol. The van der Waals surface area contributed by atoms with E-state index in [1.54, 1.807) is 18.3 Å². The Morgan fingerprint density at radius 1 is 1.38 bits per heavy atom. The van der Waals surface area contributed by atoms with Gasteiger partial charge in [0.1, 0.15) is 6.17 Å². The number of nitrogens with one attached hydrogen (secondary N) is 1. The molecule has 0 amide bonds. The third-order valence-corrected chi connectivity index (χ3v) is 4.58. The summed E-state index contributed by atoms with van der Waals surface area (Å²) in [6.45, 7) is 8.50. The Bertz CT molecular complexity index is 687. The number of nitrogens with zero attached hydrogens (tertiary/aromatic N) is 1. The number of alkyl halides is 3. The quantitative estimate of drug-likeness (QED) is 0.613. The van der Waals surface area contributed by atoms with Gasteiger partial charge in [-0.1, -0.05) is 30.9 Å². The molecule has 0 bridgehead atoms. The lowest BCUT2D eigenvalue weighted by Crippen LogP contribution is -2.35. The molecule has 1 aromatic carbocycles. The first-order valence-corrected chi connectivity index (χ1v) is 8.95. The van der Waals surface area contributed by atoms with Crippen LogP contribution >= 0.6 is 0 Å². The van der Waals surface area contributed by atoms with Crippen molar-refractivity contribution in [3.8, 4) is 0 Å². The van der Waals surface area contributed by atoms with Gasteiger partial charge in [-0.2, -0.15) is 0 Å². The van der Waals surface area contributed by atoms with E-state index in [1.165, 1.54) is 6.92 Å². The van der Waals surface area contributed by atoms with Crippen molar-refractivity contribution in [1.29, 1.82) is 0 Å². The molecule has 0 saturated carbocycles. The smallest absolute Gasteiger partial charge is 0.245 e. The molecule has 0 fully saturated rings. The fourth-order valence-corrected chi connectivity index (χ4v) is 2.87. The maximum Gasteiger partial charge on any atom is 0.245 e. The first-order valence-electron chi connectivity index (χ1n) is 8.95. The summed E-state index contributed by atoms with van der Waals surface area (Å²) < 4.78 is 39.4. The summed E-state index contributed by atoms with van der Waals surface area (Å²) in [6.07, 6.45) is 3.53. The molecule has 3 atom stereocenters. The molecule has 2 nitrogen and oxygen atoms in total. The van der Waals surface area contributed by atoms with Crippen molar-refractivity contribution < 1.29 is 13.2 Å². The van der Waals surface area contributed by atoms with Crippen molar-refractivity contribution in [2.24, 2.45) is 4.99 Å². The molecule has 1 aromatic rings. The molecule has 142 valence electrons. The van der Waals surface area contributed by atoms with Crippen LogP contribution in [0.4, 0.5) is 13.2 Å². The Morgan fingerprint density at radius 3 is 2.69 bits per heavy atom. The van der Waals surface area contributed by atoms with E-state index in [2.05, 4.69) is 16.9 Å². The fraction of sp³-hybridized carbons (Fsp3) is 0.476. The lowest BCUT2D eigenvalue weighted by molar-refractivity contribution is 0.0136. The summed E-state index contributed by atoms with van der Waals surface area (Å²) in [4.78, 5) is 4.50. The zero-order valence-electron chi connectivity index (χ0n) is 15.6. The Kier molecular flexibility index (Phi) is 6.68. The van der Waals surface area contributed by atoms with Gasteiger partial charge in [-0.3, -0.25) is 4.99 Å². The molecule has 0 spiro atoms. The van der Waals surface area contributed by atoms with Crippen LogP contribution in [-0.4, -0.2) is 24.2 Å². The standard InChI is InChI=1S/C21H27F3N2/c1-14(22)18-6-5-7-19(12-18)15(2)26-16(3)20-9-8-17(13-25-20)10-11-21(4,23)24/h5-8,12-14,16,20,26H,2,9-11H2,1,3-4H3. The average molecular weight is 364 g/mol. The van der Waals surface area contributed by atoms with Gasteiger partial charge >= 0.3 is 0 Å². The molecule has 26 heavy (non-hydrogen) atoms. The van der Waals surface area contributed by atoms with Gasteiger partial charge in [0.05, 0.1) is 6.04 Å². The molecule has 0 saturated heterocycles. The van der Waals surface area contributed by atoms with Crippen molar-refractivity contribution in [3.05, 3.63) is 53.6 Å². The van der Waals surface area contributed by atoms with Crippen LogP contribution in [-0.2, 0) is 0 Å². The normalized spacial score (nSPS) is 19.6. The van der Waals surface area contributed by atoms with E-state index in [4.69, 9.17) is 0 Å². The van der Waals surface area contributed by atoms with E-state index in [9.17, 15) is 13.2 Å². The Labute approximate surface area is 153 Å². The molecule has 1 heterocycles. The van der Waals surface area contributed by atoms with Gasteiger partial charge in [0.2, 0.25) is 5.92 Å². The van der Waals surface area contributed by atoms with E-state index in [0.29, 0.717) is 18.4 Å². The first kappa shape index (κ1) is 20.3. The Hall–Kier alpha value is -2.04. The van der Waals surface area contributed by atoms with Gasteiger partial charge in [-0.05, 0) is 56.4 Å². The number of allylic oxidation sites excluding steroid dienone is 1. The topological polar surface area (TPSA) is 24.4 Å². The molecule has 1 aliphatic rings. The fourth-order valence-electron chi connectivity index (χ4n) is 2.87. The first-order chi connectivity index (χ1) is 12.2. The maximum atomic E-state index is 13.5. The SMILES string of the molecule is C=C(NC(C)C1CC=C(CCC(C)(F)F)C=N1)c1cccc(C(C)F)c1. The molecule has 2 rings (SSSR count). The monoisotopic (exact) mass is 364 g/mol. The molecular formula is C21H27F3N2. The van der Waals surface area contributed by atoms with Crippen molar-refractivity contribution in [1.82, 2.24) is 5.32 Å². The maximum absolute atomic E-state index is 13.5. The summed E-state index contributed by atoms with van der Waals surface area (Å²) in [5, 5.41) is 3.32. The predicted octanol–water partition coefficient (Wildman–Crippen LogP) is 5.87. The van der Waals surface area contributed by atoms with E-state index in [1.807, 2.05) is 25.1 Å².